The standard InChI is InChI=1S/C23H38N4O2S.HI/c1-5-24-22(27-14-15-30(28,29)23(3,4)18-27)25-16-20-11-6-7-12-21(20)17-26-13-9-8-10-19(26)2;/h6-7,11-12,19H,5,8-10,13-18H2,1-4H3,(H,24,25);1H. The van der Waals surface area contributed by atoms with Crippen LogP contribution in [0.3, 0.4) is 0 Å². The maximum atomic E-state index is 12.4. The van der Waals surface area contributed by atoms with E-state index in [-0.39, 0.29) is 29.7 Å². The topological polar surface area (TPSA) is 65.0 Å². The second-order valence-electron chi connectivity index (χ2n) is 9.25. The summed E-state index contributed by atoms with van der Waals surface area (Å²) in [5.74, 6) is 0.982. The van der Waals surface area contributed by atoms with Crippen LogP contribution >= 0.6 is 24.0 Å². The van der Waals surface area contributed by atoms with E-state index in [1.54, 1.807) is 0 Å². The summed E-state index contributed by atoms with van der Waals surface area (Å²) in [6, 6.07) is 9.21. The summed E-state index contributed by atoms with van der Waals surface area (Å²) >= 11 is 0. The van der Waals surface area contributed by atoms with Gasteiger partial charge in [-0.1, -0.05) is 30.7 Å². The van der Waals surface area contributed by atoms with Gasteiger partial charge in [-0.25, -0.2) is 13.4 Å². The monoisotopic (exact) mass is 562 g/mol. The van der Waals surface area contributed by atoms with E-state index in [0.29, 0.717) is 25.7 Å². The summed E-state index contributed by atoms with van der Waals surface area (Å²) < 4.78 is 24.0. The van der Waals surface area contributed by atoms with E-state index in [0.717, 1.165) is 19.0 Å². The Bertz CT molecular complexity index is 857. The normalized spacial score (nSPS) is 23.8. The predicted octanol–water partition coefficient (Wildman–Crippen LogP) is 3.65. The van der Waals surface area contributed by atoms with Crippen molar-refractivity contribution < 1.29 is 8.42 Å². The number of halogens is 1. The molecular weight excluding hydrogens is 523 g/mol. The number of hydrogen-bond donors (Lipinski definition) is 1. The molecule has 31 heavy (non-hydrogen) atoms. The van der Waals surface area contributed by atoms with Gasteiger partial charge in [-0.05, 0) is 58.2 Å². The molecule has 0 aromatic heterocycles. The van der Waals surface area contributed by atoms with E-state index in [2.05, 4.69) is 46.3 Å². The summed E-state index contributed by atoms with van der Waals surface area (Å²) in [5.41, 5.74) is 2.59. The van der Waals surface area contributed by atoms with Crippen LogP contribution < -0.4 is 5.32 Å². The Kier molecular flexibility index (Phi) is 9.63. The molecule has 176 valence electrons. The van der Waals surface area contributed by atoms with Crippen molar-refractivity contribution in [3.63, 3.8) is 0 Å². The highest BCUT2D eigenvalue weighted by molar-refractivity contribution is 14.0. The third kappa shape index (κ3) is 6.57. The van der Waals surface area contributed by atoms with Crippen molar-refractivity contribution in [1.29, 1.82) is 0 Å². The van der Waals surface area contributed by atoms with E-state index in [1.165, 1.54) is 36.9 Å². The molecule has 2 aliphatic rings. The molecule has 2 aliphatic heterocycles. The third-order valence-electron chi connectivity index (χ3n) is 6.51. The Labute approximate surface area is 205 Å². The van der Waals surface area contributed by atoms with E-state index in [4.69, 9.17) is 4.99 Å². The maximum absolute atomic E-state index is 12.4. The van der Waals surface area contributed by atoms with Gasteiger partial charge in [0.2, 0.25) is 0 Å². The number of guanidine groups is 1. The van der Waals surface area contributed by atoms with Crippen molar-refractivity contribution in [3.8, 4) is 0 Å². The molecule has 0 saturated carbocycles. The van der Waals surface area contributed by atoms with Crippen LogP contribution in [0, 0.1) is 0 Å². The number of aliphatic imine (C=N–C) groups is 1. The van der Waals surface area contributed by atoms with Crippen LogP contribution in [-0.4, -0.2) is 66.9 Å². The number of nitrogens with one attached hydrogen (secondary N) is 1. The van der Waals surface area contributed by atoms with Crippen LogP contribution in [0.25, 0.3) is 0 Å². The quantitative estimate of drug-likeness (QED) is 0.337. The molecule has 2 fully saturated rings. The molecule has 0 amide bonds. The second kappa shape index (κ2) is 11.3. The van der Waals surface area contributed by atoms with Crippen LogP contribution in [0.5, 0.6) is 0 Å². The van der Waals surface area contributed by atoms with Gasteiger partial charge in [0.05, 0.1) is 17.0 Å². The van der Waals surface area contributed by atoms with E-state index >= 15 is 0 Å². The average molecular weight is 563 g/mol. The van der Waals surface area contributed by atoms with Crippen molar-refractivity contribution in [3.05, 3.63) is 35.4 Å². The molecule has 6 nitrogen and oxygen atoms in total. The van der Waals surface area contributed by atoms with E-state index < -0.39 is 14.6 Å². The molecule has 2 saturated heterocycles. The Hall–Kier alpha value is -0.870. The second-order valence-corrected chi connectivity index (χ2v) is 12.0. The van der Waals surface area contributed by atoms with Crippen LogP contribution in [-0.2, 0) is 22.9 Å². The van der Waals surface area contributed by atoms with E-state index in [9.17, 15) is 8.42 Å². The molecule has 0 bridgehead atoms. The first kappa shape index (κ1) is 26.4. The van der Waals surface area contributed by atoms with Gasteiger partial charge >= 0.3 is 0 Å². The molecular formula is C23H39IN4O2S. The lowest BCUT2D eigenvalue weighted by Gasteiger charge is -2.39. The first-order valence-electron chi connectivity index (χ1n) is 11.3. The van der Waals surface area contributed by atoms with Crippen molar-refractivity contribution in [2.75, 3.05) is 31.9 Å². The minimum Gasteiger partial charge on any atom is -0.357 e. The van der Waals surface area contributed by atoms with Gasteiger partial charge in [0.25, 0.3) is 0 Å². The minimum atomic E-state index is -3.07. The summed E-state index contributed by atoms with van der Waals surface area (Å²) in [6.45, 7) is 12.5. The lowest BCUT2D eigenvalue weighted by molar-refractivity contribution is 0.152. The Morgan fingerprint density at radius 2 is 1.90 bits per heavy atom. The third-order valence-corrected chi connectivity index (χ3v) is 9.04. The highest BCUT2D eigenvalue weighted by Gasteiger charge is 2.41. The molecule has 2 heterocycles. The maximum Gasteiger partial charge on any atom is 0.194 e. The fraction of sp³-hybridized carbons (Fsp3) is 0.696. The van der Waals surface area contributed by atoms with Gasteiger partial charge < -0.3 is 10.2 Å². The van der Waals surface area contributed by atoms with Crippen molar-refractivity contribution >= 4 is 39.8 Å². The first-order chi connectivity index (χ1) is 14.2. The zero-order valence-electron chi connectivity index (χ0n) is 19.4. The van der Waals surface area contributed by atoms with Crippen molar-refractivity contribution in [1.82, 2.24) is 15.1 Å². The number of rotatable bonds is 5. The molecule has 8 heteroatoms. The predicted molar refractivity (Wildman–Crippen MR) is 140 cm³/mol. The number of sulfone groups is 1. The Morgan fingerprint density at radius 1 is 1.19 bits per heavy atom. The minimum absolute atomic E-state index is 0. The molecule has 3 rings (SSSR count). The zero-order chi connectivity index (χ0) is 21.8. The number of nitrogens with zero attached hydrogens (tertiary/aromatic N) is 3. The van der Waals surface area contributed by atoms with Crippen molar-refractivity contribution in [2.45, 2.75) is 70.8 Å². The molecule has 0 radical (unpaired) electrons. The number of piperidine rings is 1. The van der Waals surface area contributed by atoms with Crippen LogP contribution in [0.4, 0.5) is 0 Å². The largest absolute Gasteiger partial charge is 0.357 e. The van der Waals surface area contributed by atoms with Crippen LogP contribution in [0.15, 0.2) is 29.3 Å². The average Bonchev–Trinajstić information content (AvgIpc) is 2.70. The van der Waals surface area contributed by atoms with Gasteiger partial charge in [0, 0.05) is 32.2 Å². The van der Waals surface area contributed by atoms with Gasteiger partial charge in [-0.2, -0.15) is 0 Å². The molecule has 1 aromatic rings. The van der Waals surface area contributed by atoms with Gasteiger partial charge in [0.1, 0.15) is 0 Å². The zero-order valence-corrected chi connectivity index (χ0v) is 22.6. The molecule has 1 atom stereocenters. The molecule has 1 aromatic carbocycles. The molecule has 1 unspecified atom stereocenters. The molecule has 1 N–H and O–H groups in total. The van der Waals surface area contributed by atoms with Crippen LogP contribution in [0.2, 0.25) is 0 Å². The SMILES string of the molecule is CCNC(=NCc1ccccc1CN1CCCCC1C)N1CCS(=O)(=O)C(C)(C)C1.I. The van der Waals surface area contributed by atoms with E-state index in [1.807, 2.05) is 20.8 Å². The first-order valence-corrected chi connectivity index (χ1v) is 12.9. The highest BCUT2D eigenvalue weighted by atomic mass is 127. The van der Waals surface area contributed by atoms with Crippen molar-refractivity contribution in [2.24, 2.45) is 4.99 Å². The highest BCUT2D eigenvalue weighted by Crippen LogP contribution is 2.24. The van der Waals surface area contributed by atoms with Gasteiger partial charge in [-0.3, -0.25) is 4.90 Å². The summed E-state index contributed by atoms with van der Waals surface area (Å²) in [7, 11) is -3.07. The summed E-state index contributed by atoms with van der Waals surface area (Å²) in [4.78, 5) is 9.59. The number of benzene rings is 1. The lowest BCUT2D eigenvalue weighted by atomic mass is 10.0. The number of likely N-dealkylation sites (tertiary alicyclic amines) is 1. The lowest BCUT2D eigenvalue weighted by Crippen LogP contribution is -2.57. The fourth-order valence-corrected chi connectivity index (χ4v) is 5.75. The number of hydrogen-bond acceptors (Lipinski definition) is 4. The molecule has 0 spiro atoms. The Morgan fingerprint density at radius 3 is 2.55 bits per heavy atom. The van der Waals surface area contributed by atoms with Gasteiger partial charge in [0.15, 0.2) is 15.8 Å². The van der Waals surface area contributed by atoms with Crippen LogP contribution in [0.1, 0.15) is 58.1 Å². The molecule has 0 aliphatic carbocycles. The summed E-state index contributed by atoms with van der Waals surface area (Å²) in [6.07, 6.45) is 3.89. The Balaban J connectivity index is 0.00000341. The summed E-state index contributed by atoms with van der Waals surface area (Å²) in [5, 5.41) is 3.37. The fourth-order valence-electron chi connectivity index (χ4n) is 4.39. The smallest absolute Gasteiger partial charge is 0.194 e. The van der Waals surface area contributed by atoms with Gasteiger partial charge in [-0.15, -0.1) is 24.0 Å².